The zero-order chi connectivity index (χ0) is 34.6. The van der Waals surface area contributed by atoms with Crippen LogP contribution in [0.4, 0.5) is 0 Å². The molecule has 4 amide bonds. The number of carbonyl (C=O) groups is 4. The van der Waals surface area contributed by atoms with E-state index in [0.717, 1.165) is 16.8 Å². The van der Waals surface area contributed by atoms with Crippen molar-refractivity contribution in [2.75, 3.05) is 39.3 Å². The maximum Gasteiger partial charge on any atom is 0.272 e. The number of imidazole rings is 1. The van der Waals surface area contributed by atoms with Gasteiger partial charge in [-0.05, 0) is 54.6 Å². The highest BCUT2D eigenvalue weighted by Crippen LogP contribution is 2.37. The van der Waals surface area contributed by atoms with E-state index in [1.165, 1.54) is 22.5 Å². The number of amides is 4. The molecule has 0 saturated carbocycles. The number of benzene rings is 1. The molecule has 6 heterocycles. The predicted octanol–water partition coefficient (Wildman–Crippen LogP) is 3.18. The number of hydrogen-bond acceptors (Lipinski definition) is 9. The third kappa shape index (κ3) is 6.89. The fraction of sp³-hybridized carbons (Fsp3) is 0.314. The second kappa shape index (κ2) is 14.4. The van der Waals surface area contributed by atoms with E-state index in [2.05, 4.69) is 20.8 Å². The Bertz CT molecular complexity index is 2010. The van der Waals surface area contributed by atoms with Crippen LogP contribution in [0.3, 0.4) is 0 Å². The lowest BCUT2D eigenvalue weighted by Crippen LogP contribution is -2.45. The number of aryl methyl sites for hydroxylation is 1. The minimum absolute atomic E-state index is 0.00796. The van der Waals surface area contributed by atoms with Gasteiger partial charge in [-0.2, -0.15) is 16.4 Å². The van der Waals surface area contributed by atoms with Crippen LogP contribution in [0.25, 0.3) is 11.3 Å². The van der Waals surface area contributed by atoms with E-state index in [0.29, 0.717) is 61.0 Å². The topological polar surface area (TPSA) is 168 Å². The van der Waals surface area contributed by atoms with E-state index < -0.39 is 11.9 Å². The smallest absolute Gasteiger partial charge is 0.272 e. The van der Waals surface area contributed by atoms with E-state index in [4.69, 9.17) is 14.1 Å². The summed E-state index contributed by atoms with van der Waals surface area (Å²) in [7, 11) is 0. The average Bonchev–Trinajstić information content (AvgIpc) is 3.94. The van der Waals surface area contributed by atoms with Gasteiger partial charge >= 0.3 is 0 Å². The van der Waals surface area contributed by atoms with Crippen LogP contribution in [-0.4, -0.2) is 92.5 Å². The summed E-state index contributed by atoms with van der Waals surface area (Å²) in [6, 6.07) is 12.3. The van der Waals surface area contributed by atoms with Gasteiger partial charge in [0.05, 0.1) is 42.7 Å². The Morgan fingerprint density at radius 2 is 1.86 bits per heavy atom. The Morgan fingerprint density at radius 3 is 2.68 bits per heavy atom. The highest BCUT2D eigenvalue weighted by molar-refractivity contribution is 7.08. The van der Waals surface area contributed by atoms with Crippen LogP contribution >= 0.6 is 11.3 Å². The summed E-state index contributed by atoms with van der Waals surface area (Å²) in [5, 5.41) is 16.7. The van der Waals surface area contributed by atoms with Gasteiger partial charge in [-0.15, -0.1) is 0 Å². The minimum Gasteiger partial charge on any atom is -0.494 e. The molecule has 2 aliphatic rings. The number of rotatable bonds is 3. The van der Waals surface area contributed by atoms with Crippen molar-refractivity contribution in [2.24, 2.45) is 0 Å². The van der Waals surface area contributed by atoms with Crippen LogP contribution < -0.4 is 15.4 Å². The van der Waals surface area contributed by atoms with Crippen LogP contribution in [-0.2, 0) is 22.6 Å². The summed E-state index contributed by atoms with van der Waals surface area (Å²) < 4.78 is 13.3. The van der Waals surface area contributed by atoms with Gasteiger partial charge in [0.15, 0.2) is 0 Å². The Hall–Kier alpha value is -5.70. The van der Waals surface area contributed by atoms with Gasteiger partial charge in [-0.1, -0.05) is 12.1 Å². The molecule has 50 heavy (non-hydrogen) atoms. The fourth-order valence-corrected chi connectivity index (χ4v) is 6.98. The molecule has 258 valence electrons. The van der Waals surface area contributed by atoms with Crippen molar-refractivity contribution in [3.63, 3.8) is 0 Å². The van der Waals surface area contributed by atoms with Crippen LogP contribution in [0.1, 0.15) is 56.0 Å². The third-order valence-corrected chi connectivity index (χ3v) is 9.52. The summed E-state index contributed by atoms with van der Waals surface area (Å²) in [6.07, 6.45) is 4.14. The molecule has 3 N–H and O–H groups in total. The maximum atomic E-state index is 13.9. The molecule has 1 aromatic carbocycles. The van der Waals surface area contributed by atoms with Gasteiger partial charge in [0, 0.05) is 49.2 Å². The van der Waals surface area contributed by atoms with Gasteiger partial charge in [-0.25, -0.2) is 4.98 Å². The Balaban J connectivity index is 1.14. The second-order valence-electron chi connectivity index (χ2n) is 12.1. The summed E-state index contributed by atoms with van der Waals surface area (Å²) in [4.78, 5) is 61.5. The second-order valence-corrected chi connectivity index (χ2v) is 12.9. The molecular weight excluding hydrogens is 661 g/mol. The molecule has 1 atom stereocenters. The van der Waals surface area contributed by atoms with Gasteiger partial charge in [-0.3, -0.25) is 24.3 Å². The lowest BCUT2D eigenvalue weighted by Gasteiger charge is -2.36. The standard InChI is InChI=1S/C35H36N8O6S/c1-22-26(7-14-48-22)34(46)43-11-6-29-32-33(43)23-4-2-5-25(16-23)49-13-3-9-36-30(44)18-41(12-10-37-31(45)19-42(29)21-38-32)35(47)28-17-27(39-40-28)24-8-15-50-20-24/h2,4-5,7-8,14-17,20-21,33H,3,6,9-13,18-19H2,1H3,(H,36,44)(H,37,45)(H,39,40). The van der Waals surface area contributed by atoms with E-state index in [1.807, 2.05) is 41.1 Å². The molecule has 5 aromatic rings. The summed E-state index contributed by atoms with van der Waals surface area (Å²) in [5.74, 6) is -0.0546. The number of furan rings is 1. The summed E-state index contributed by atoms with van der Waals surface area (Å²) >= 11 is 1.53. The quantitative estimate of drug-likeness (QED) is 0.259. The van der Waals surface area contributed by atoms with Crippen molar-refractivity contribution < 1.29 is 28.3 Å². The molecule has 0 fully saturated rings. The molecule has 4 aromatic heterocycles. The van der Waals surface area contributed by atoms with E-state index in [-0.39, 0.29) is 49.6 Å². The number of nitrogens with one attached hydrogen (secondary N) is 3. The van der Waals surface area contributed by atoms with Crippen LogP contribution in [0.2, 0.25) is 0 Å². The Labute approximate surface area is 291 Å². The molecular formula is C35H36N8O6S. The molecule has 15 heteroatoms. The first kappa shape index (κ1) is 32.8. The number of aromatic amines is 1. The first-order chi connectivity index (χ1) is 24.4. The molecule has 0 spiro atoms. The number of aromatic nitrogens is 4. The van der Waals surface area contributed by atoms with Crippen LogP contribution in [0.15, 0.2) is 70.2 Å². The number of hydrogen-bond donors (Lipinski definition) is 3. The van der Waals surface area contributed by atoms with Crippen molar-refractivity contribution in [3.8, 4) is 17.0 Å². The zero-order valence-corrected chi connectivity index (χ0v) is 28.2. The first-order valence-electron chi connectivity index (χ1n) is 16.4. The number of thiophene rings is 1. The number of carbonyl (C=O) groups excluding carboxylic acids is 4. The molecule has 0 saturated heterocycles. The van der Waals surface area contributed by atoms with Crippen molar-refractivity contribution in [3.05, 3.63) is 99.8 Å². The highest BCUT2D eigenvalue weighted by Gasteiger charge is 2.37. The Morgan fingerprint density at radius 1 is 1.00 bits per heavy atom. The molecule has 0 radical (unpaired) electrons. The van der Waals surface area contributed by atoms with Crippen molar-refractivity contribution >= 4 is 35.0 Å². The summed E-state index contributed by atoms with van der Waals surface area (Å²) in [5.41, 5.74) is 4.59. The molecule has 14 nitrogen and oxygen atoms in total. The third-order valence-electron chi connectivity index (χ3n) is 8.84. The molecule has 7 rings (SSSR count). The van der Waals surface area contributed by atoms with Crippen LogP contribution in [0.5, 0.6) is 5.75 Å². The first-order valence-corrected chi connectivity index (χ1v) is 17.3. The van der Waals surface area contributed by atoms with Gasteiger partial charge < -0.3 is 34.2 Å². The molecule has 1 unspecified atom stereocenters. The SMILES string of the molecule is Cc1occc1C(=O)N1CCc2c3ncn2CC(=O)NCCN(C(=O)c2cc(-c4ccsc4)n[nH]2)CC(=O)NCCCOc2cccc(c2)C31. The zero-order valence-electron chi connectivity index (χ0n) is 27.4. The minimum atomic E-state index is -0.527. The van der Waals surface area contributed by atoms with Crippen molar-refractivity contribution in [2.45, 2.75) is 32.4 Å². The lowest BCUT2D eigenvalue weighted by atomic mass is 9.94. The number of ether oxygens (including phenoxy) is 1. The molecule has 2 aliphatic heterocycles. The van der Waals surface area contributed by atoms with Crippen molar-refractivity contribution in [1.29, 1.82) is 0 Å². The summed E-state index contributed by atoms with van der Waals surface area (Å²) in [6.45, 7) is 2.83. The van der Waals surface area contributed by atoms with E-state index in [9.17, 15) is 19.2 Å². The highest BCUT2D eigenvalue weighted by atomic mass is 32.1. The fourth-order valence-electron chi connectivity index (χ4n) is 6.33. The number of nitrogens with zero attached hydrogens (tertiary/aromatic N) is 5. The molecule has 0 aliphatic carbocycles. The van der Waals surface area contributed by atoms with Gasteiger partial charge in [0.25, 0.3) is 11.8 Å². The van der Waals surface area contributed by atoms with Crippen molar-refractivity contribution in [1.82, 2.24) is 40.2 Å². The Kier molecular flexibility index (Phi) is 9.47. The van der Waals surface area contributed by atoms with Gasteiger partial charge in [0.2, 0.25) is 11.8 Å². The predicted molar refractivity (Wildman–Crippen MR) is 183 cm³/mol. The maximum absolute atomic E-state index is 13.9. The van der Waals surface area contributed by atoms with E-state index >= 15 is 0 Å². The monoisotopic (exact) mass is 696 g/mol. The number of H-pyrrole nitrogens is 1. The normalized spacial score (nSPS) is 17.4. The van der Waals surface area contributed by atoms with Gasteiger partial charge in [0.1, 0.15) is 29.8 Å². The molecule has 6 bridgehead atoms. The van der Waals surface area contributed by atoms with Crippen LogP contribution in [0, 0.1) is 6.92 Å². The number of fused-ring (bicyclic) bond motifs is 3. The lowest BCUT2D eigenvalue weighted by molar-refractivity contribution is -0.121. The largest absolute Gasteiger partial charge is 0.494 e. The van der Waals surface area contributed by atoms with E-state index in [1.54, 1.807) is 34.9 Å². The average molecular weight is 697 g/mol.